The van der Waals surface area contributed by atoms with Crippen molar-refractivity contribution in [2.24, 2.45) is 0 Å². The molecule has 0 aromatic heterocycles. The number of hydrogen-bond acceptors (Lipinski definition) is 4. The van der Waals surface area contributed by atoms with Crippen LogP contribution in [0.25, 0.3) is 6.08 Å². The lowest BCUT2D eigenvalue weighted by molar-refractivity contribution is -0.154. The third-order valence-corrected chi connectivity index (χ3v) is 3.61. The number of benzene rings is 1. The molecule has 1 heterocycles. The van der Waals surface area contributed by atoms with E-state index < -0.39 is 5.97 Å². The van der Waals surface area contributed by atoms with Gasteiger partial charge in [-0.1, -0.05) is 23.7 Å². The Morgan fingerprint density at radius 2 is 2.04 bits per heavy atom. The summed E-state index contributed by atoms with van der Waals surface area (Å²) < 4.78 is 10.6. The molecule has 1 aliphatic heterocycles. The summed E-state index contributed by atoms with van der Waals surface area (Å²) in [5, 5.41) is 0.589. The van der Waals surface area contributed by atoms with Gasteiger partial charge >= 0.3 is 5.97 Å². The fraction of sp³-hybridized carbons (Fsp3) is 0.412. The molecule has 124 valence electrons. The predicted molar refractivity (Wildman–Crippen MR) is 88.0 cm³/mol. The molecule has 1 aromatic rings. The number of carbonyl (C=O) groups excluding carboxylic acids is 2. The van der Waals surface area contributed by atoms with Crippen molar-refractivity contribution >= 4 is 29.6 Å². The maximum Gasteiger partial charge on any atom is 0.331 e. The second-order valence-electron chi connectivity index (χ2n) is 5.55. The van der Waals surface area contributed by atoms with Crippen LogP contribution >= 0.6 is 11.6 Å². The Labute approximate surface area is 140 Å². The summed E-state index contributed by atoms with van der Waals surface area (Å²) in [6.45, 7) is 4.58. The van der Waals surface area contributed by atoms with E-state index in [0.717, 1.165) is 5.56 Å². The topological polar surface area (TPSA) is 55.8 Å². The van der Waals surface area contributed by atoms with Crippen molar-refractivity contribution in [1.29, 1.82) is 0 Å². The fourth-order valence-electron chi connectivity index (χ4n) is 2.43. The normalized spacial score (nSPS) is 21.4. The number of amides is 1. The first kappa shape index (κ1) is 17.5. The number of carbonyl (C=O) groups is 2. The summed E-state index contributed by atoms with van der Waals surface area (Å²) in [7, 11) is 0. The van der Waals surface area contributed by atoms with Crippen molar-refractivity contribution < 1.29 is 19.1 Å². The lowest BCUT2D eigenvalue weighted by Gasteiger charge is -2.35. The molecule has 0 aliphatic carbocycles. The van der Waals surface area contributed by atoms with Gasteiger partial charge < -0.3 is 14.4 Å². The number of hydrogen-bond donors (Lipinski definition) is 0. The van der Waals surface area contributed by atoms with E-state index in [2.05, 4.69) is 0 Å². The molecule has 0 unspecified atom stereocenters. The van der Waals surface area contributed by atoms with Crippen molar-refractivity contribution in [3.8, 4) is 0 Å². The molecule has 23 heavy (non-hydrogen) atoms. The van der Waals surface area contributed by atoms with E-state index in [0.29, 0.717) is 18.1 Å². The number of esters is 1. The van der Waals surface area contributed by atoms with Crippen LogP contribution < -0.4 is 0 Å². The quantitative estimate of drug-likeness (QED) is 0.626. The van der Waals surface area contributed by atoms with Gasteiger partial charge in [0, 0.05) is 24.2 Å². The summed E-state index contributed by atoms with van der Waals surface area (Å²) in [6.07, 6.45) is 2.85. The van der Waals surface area contributed by atoms with Crippen LogP contribution in [0.5, 0.6) is 0 Å². The van der Waals surface area contributed by atoms with Crippen LogP contribution in [0.4, 0.5) is 0 Å². The van der Waals surface area contributed by atoms with Crippen molar-refractivity contribution in [3.63, 3.8) is 0 Å². The minimum Gasteiger partial charge on any atom is -0.452 e. The van der Waals surface area contributed by atoms with Gasteiger partial charge in [-0.15, -0.1) is 0 Å². The average molecular weight is 338 g/mol. The predicted octanol–water partition coefficient (Wildman–Crippen LogP) is 2.53. The first-order valence-corrected chi connectivity index (χ1v) is 7.85. The first-order valence-electron chi connectivity index (χ1n) is 7.47. The van der Waals surface area contributed by atoms with Crippen LogP contribution in [-0.4, -0.2) is 48.7 Å². The molecule has 1 aromatic carbocycles. The van der Waals surface area contributed by atoms with Crippen LogP contribution in [0.15, 0.2) is 30.3 Å². The van der Waals surface area contributed by atoms with Gasteiger partial charge in [0.25, 0.3) is 5.91 Å². The molecule has 0 bridgehead atoms. The number of rotatable bonds is 4. The number of ether oxygens (including phenoxy) is 2. The SMILES string of the molecule is C[C@H]1CN(C(=O)COC(=O)/C=C/c2cccc(Cl)c2)C[C@H](C)O1. The number of nitrogens with zero attached hydrogens (tertiary/aromatic N) is 1. The largest absolute Gasteiger partial charge is 0.452 e. The fourth-order valence-corrected chi connectivity index (χ4v) is 2.63. The van der Waals surface area contributed by atoms with E-state index >= 15 is 0 Å². The van der Waals surface area contributed by atoms with Crippen LogP contribution in [0.1, 0.15) is 19.4 Å². The maximum absolute atomic E-state index is 12.1. The molecule has 1 fully saturated rings. The van der Waals surface area contributed by atoms with Crippen LogP contribution in [0.3, 0.4) is 0 Å². The van der Waals surface area contributed by atoms with E-state index in [1.54, 1.807) is 29.2 Å². The van der Waals surface area contributed by atoms with Gasteiger partial charge in [0.05, 0.1) is 12.2 Å². The Balaban J connectivity index is 1.80. The Bertz CT molecular complexity index is 592. The highest BCUT2D eigenvalue weighted by Gasteiger charge is 2.26. The van der Waals surface area contributed by atoms with Crippen LogP contribution in [0, 0.1) is 0 Å². The summed E-state index contributed by atoms with van der Waals surface area (Å²) in [4.78, 5) is 25.4. The molecule has 0 radical (unpaired) electrons. The highest BCUT2D eigenvalue weighted by Crippen LogP contribution is 2.12. The van der Waals surface area contributed by atoms with E-state index in [1.165, 1.54) is 6.08 Å². The molecule has 0 N–H and O–H groups in total. The zero-order chi connectivity index (χ0) is 16.8. The summed E-state index contributed by atoms with van der Waals surface area (Å²) >= 11 is 5.86. The smallest absolute Gasteiger partial charge is 0.331 e. The molecule has 1 aliphatic rings. The van der Waals surface area contributed by atoms with Gasteiger partial charge in [-0.25, -0.2) is 4.79 Å². The zero-order valence-electron chi connectivity index (χ0n) is 13.2. The van der Waals surface area contributed by atoms with Crippen molar-refractivity contribution in [2.45, 2.75) is 26.1 Å². The minimum atomic E-state index is -0.562. The van der Waals surface area contributed by atoms with E-state index in [-0.39, 0.29) is 24.7 Å². The highest BCUT2D eigenvalue weighted by atomic mass is 35.5. The molecule has 1 amide bonds. The summed E-state index contributed by atoms with van der Waals surface area (Å²) in [6, 6.07) is 7.09. The van der Waals surface area contributed by atoms with Gasteiger partial charge in [0.2, 0.25) is 0 Å². The molecular formula is C17H20ClNO4. The lowest BCUT2D eigenvalue weighted by Crippen LogP contribution is -2.49. The second kappa shape index (κ2) is 8.13. The maximum atomic E-state index is 12.1. The Kier molecular flexibility index (Phi) is 6.19. The second-order valence-corrected chi connectivity index (χ2v) is 5.99. The van der Waals surface area contributed by atoms with E-state index in [9.17, 15) is 9.59 Å². The Morgan fingerprint density at radius 3 is 2.70 bits per heavy atom. The standard InChI is InChI=1S/C17H20ClNO4/c1-12-9-19(10-13(2)23-12)16(20)11-22-17(21)7-6-14-4-3-5-15(18)8-14/h3-8,12-13H,9-11H2,1-2H3/b7-6+/t12-,13-/m0/s1. The Morgan fingerprint density at radius 1 is 1.35 bits per heavy atom. The molecule has 6 heteroatoms. The molecular weight excluding hydrogens is 318 g/mol. The van der Waals surface area contributed by atoms with Crippen molar-refractivity contribution in [3.05, 3.63) is 40.9 Å². The van der Waals surface area contributed by atoms with Gasteiger partial charge in [0.15, 0.2) is 6.61 Å². The van der Waals surface area contributed by atoms with Crippen molar-refractivity contribution in [2.75, 3.05) is 19.7 Å². The zero-order valence-corrected chi connectivity index (χ0v) is 14.0. The average Bonchev–Trinajstić information content (AvgIpc) is 2.49. The molecule has 2 atom stereocenters. The number of halogens is 1. The molecule has 0 spiro atoms. The van der Waals surface area contributed by atoms with E-state index in [4.69, 9.17) is 21.1 Å². The van der Waals surface area contributed by atoms with E-state index in [1.807, 2.05) is 19.9 Å². The first-order chi connectivity index (χ1) is 10.9. The highest BCUT2D eigenvalue weighted by molar-refractivity contribution is 6.30. The lowest BCUT2D eigenvalue weighted by atomic mass is 10.2. The van der Waals surface area contributed by atoms with Crippen LogP contribution in [0.2, 0.25) is 5.02 Å². The van der Waals surface area contributed by atoms with Gasteiger partial charge in [-0.05, 0) is 37.6 Å². The monoisotopic (exact) mass is 337 g/mol. The third kappa shape index (κ3) is 5.69. The molecule has 0 saturated carbocycles. The molecule has 5 nitrogen and oxygen atoms in total. The van der Waals surface area contributed by atoms with Crippen LogP contribution in [-0.2, 0) is 19.1 Å². The van der Waals surface area contributed by atoms with Gasteiger partial charge in [0.1, 0.15) is 0 Å². The third-order valence-electron chi connectivity index (χ3n) is 3.37. The minimum absolute atomic E-state index is 0.0128. The van der Waals surface area contributed by atoms with Gasteiger partial charge in [-0.2, -0.15) is 0 Å². The molecule has 2 rings (SSSR count). The summed E-state index contributed by atoms with van der Waals surface area (Å²) in [5.41, 5.74) is 0.789. The Hall–Kier alpha value is -1.85. The number of morpholine rings is 1. The van der Waals surface area contributed by atoms with Gasteiger partial charge in [-0.3, -0.25) is 4.79 Å². The summed E-state index contributed by atoms with van der Waals surface area (Å²) in [5.74, 6) is -0.774. The van der Waals surface area contributed by atoms with Crippen molar-refractivity contribution in [1.82, 2.24) is 4.90 Å². The molecule has 1 saturated heterocycles.